The van der Waals surface area contributed by atoms with Crippen LogP contribution in [0.3, 0.4) is 0 Å². The molecule has 1 fully saturated rings. The lowest BCUT2D eigenvalue weighted by Crippen LogP contribution is -2.46. The number of benzene rings is 1. The Kier molecular flexibility index (Phi) is 5.37. The van der Waals surface area contributed by atoms with Gasteiger partial charge in [-0.05, 0) is 56.9 Å². The minimum Gasteiger partial charge on any atom is -0.508 e. The number of phenolic OH excluding ortho intramolecular Hbond substituents is 1. The van der Waals surface area contributed by atoms with Crippen LogP contribution in [0.15, 0.2) is 35.4 Å². The predicted molar refractivity (Wildman–Crippen MR) is 102 cm³/mol. The molecule has 1 aromatic rings. The van der Waals surface area contributed by atoms with Crippen LogP contribution in [0.4, 0.5) is 0 Å². The Labute approximate surface area is 160 Å². The number of ether oxygens (including phenoxy) is 1. The first-order valence-electron chi connectivity index (χ1n) is 9.71. The van der Waals surface area contributed by atoms with E-state index in [4.69, 9.17) is 4.74 Å². The van der Waals surface area contributed by atoms with Crippen LogP contribution < -0.4 is 0 Å². The van der Waals surface area contributed by atoms with Gasteiger partial charge in [0, 0.05) is 18.3 Å². The number of carbonyl (C=O) groups excluding carboxylic acids is 1. The molecule has 27 heavy (non-hydrogen) atoms. The fourth-order valence-corrected chi connectivity index (χ4v) is 4.88. The maximum absolute atomic E-state index is 12.6. The normalized spacial score (nSPS) is 33.7. The monoisotopic (exact) mass is 374 g/mol. The Morgan fingerprint density at radius 2 is 1.89 bits per heavy atom. The third kappa shape index (κ3) is 3.76. The van der Waals surface area contributed by atoms with Crippen LogP contribution in [0.2, 0.25) is 0 Å². The lowest BCUT2D eigenvalue weighted by molar-refractivity contribution is -0.0847. The van der Waals surface area contributed by atoms with E-state index in [2.05, 4.69) is 0 Å². The molecular formula is C22H30O5. The molecule has 0 amide bonds. The SMILES string of the molecule is CC1=C2CC[C@](C)(O)[C@@H]2[C@H](O)[C@H](C(C)C)[C@@H](OC(=O)c2ccc(O)cc2)C1. The molecule has 2 aliphatic carbocycles. The summed E-state index contributed by atoms with van der Waals surface area (Å²) in [5.74, 6) is -0.877. The summed E-state index contributed by atoms with van der Waals surface area (Å²) < 4.78 is 5.85. The van der Waals surface area contributed by atoms with Crippen molar-refractivity contribution in [2.75, 3.05) is 0 Å². The van der Waals surface area contributed by atoms with Crippen LogP contribution in [0, 0.1) is 17.8 Å². The molecule has 0 heterocycles. The number of carbonyl (C=O) groups is 1. The number of rotatable bonds is 3. The second-order valence-electron chi connectivity index (χ2n) is 8.65. The van der Waals surface area contributed by atoms with Gasteiger partial charge in [-0.25, -0.2) is 4.79 Å². The van der Waals surface area contributed by atoms with E-state index in [0.717, 1.165) is 17.6 Å². The minimum absolute atomic E-state index is 0.0844. The van der Waals surface area contributed by atoms with E-state index in [1.165, 1.54) is 24.3 Å². The molecular weight excluding hydrogens is 344 g/mol. The van der Waals surface area contributed by atoms with E-state index < -0.39 is 23.8 Å². The first kappa shape index (κ1) is 19.9. The van der Waals surface area contributed by atoms with Gasteiger partial charge in [-0.3, -0.25) is 0 Å². The Morgan fingerprint density at radius 1 is 1.26 bits per heavy atom. The summed E-state index contributed by atoms with van der Waals surface area (Å²) in [5.41, 5.74) is 1.63. The van der Waals surface area contributed by atoms with E-state index in [1.807, 2.05) is 20.8 Å². The van der Waals surface area contributed by atoms with Crippen molar-refractivity contribution in [3.05, 3.63) is 41.0 Å². The first-order valence-corrected chi connectivity index (χ1v) is 9.71. The van der Waals surface area contributed by atoms with Crippen LogP contribution in [0.5, 0.6) is 5.75 Å². The predicted octanol–water partition coefficient (Wildman–Crippen LogP) is 3.43. The third-order valence-corrected chi connectivity index (χ3v) is 6.30. The van der Waals surface area contributed by atoms with Gasteiger partial charge in [0.25, 0.3) is 0 Å². The Bertz CT molecular complexity index is 732. The number of hydrogen-bond donors (Lipinski definition) is 3. The standard InChI is InChI=1S/C22H30O5/c1-12(2)18-17(27-21(25)14-5-7-15(23)8-6-14)11-13(3)16-9-10-22(4,26)19(16)20(18)24/h5-8,12,17-20,23-24,26H,9-11H2,1-4H3/t17-,18+,19-,20+,22-/m0/s1. The quantitative estimate of drug-likeness (QED) is 0.557. The average molecular weight is 374 g/mol. The molecule has 0 aromatic heterocycles. The van der Waals surface area contributed by atoms with E-state index in [9.17, 15) is 20.1 Å². The maximum Gasteiger partial charge on any atom is 0.338 e. The van der Waals surface area contributed by atoms with Gasteiger partial charge in [0.05, 0.1) is 17.3 Å². The Hall–Kier alpha value is -1.85. The van der Waals surface area contributed by atoms with Crippen LogP contribution in [-0.2, 0) is 4.74 Å². The highest BCUT2D eigenvalue weighted by Gasteiger charge is 2.51. The lowest BCUT2D eigenvalue weighted by atomic mass is 9.75. The van der Waals surface area contributed by atoms with E-state index in [-0.39, 0.29) is 23.5 Å². The number of aliphatic hydroxyl groups is 2. The summed E-state index contributed by atoms with van der Waals surface area (Å²) in [6, 6.07) is 5.96. The highest BCUT2D eigenvalue weighted by molar-refractivity contribution is 5.89. The zero-order chi connectivity index (χ0) is 19.9. The molecule has 0 saturated heterocycles. The molecule has 148 valence electrons. The summed E-state index contributed by atoms with van der Waals surface area (Å²) in [6.07, 6.45) is 0.739. The van der Waals surface area contributed by atoms with Gasteiger partial charge < -0.3 is 20.1 Å². The zero-order valence-electron chi connectivity index (χ0n) is 16.5. The number of fused-ring (bicyclic) bond motifs is 1. The van der Waals surface area contributed by atoms with Crippen molar-refractivity contribution < 1.29 is 24.9 Å². The maximum atomic E-state index is 12.6. The van der Waals surface area contributed by atoms with Gasteiger partial charge in [-0.1, -0.05) is 25.0 Å². The average Bonchev–Trinajstić information content (AvgIpc) is 2.84. The summed E-state index contributed by atoms with van der Waals surface area (Å²) in [5, 5.41) is 31.5. The lowest BCUT2D eigenvalue weighted by Gasteiger charge is -2.38. The smallest absolute Gasteiger partial charge is 0.338 e. The molecule has 1 saturated carbocycles. The molecule has 0 aliphatic heterocycles. The van der Waals surface area contributed by atoms with Gasteiger partial charge in [0.1, 0.15) is 11.9 Å². The van der Waals surface area contributed by atoms with E-state index in [0.29, 0.717) is 18.4 Å². The first-order chi connectivity index (χ1) is 12.6. The summed E-state index contributed by atoms with van der Waals surface area (Å²) >= 11 is 0. The van der Waals surface area contributed by atoms with Gasteiger partial charge in [0.15, 0.2) is 0 Å². The Morgan fingerprint density at radius 3 is 2.48 bits per heavy atom. The fourth-order valence-electron chi connectivity index (χ4n) is 4.88. The van der Waals surface area contributed by atoms with Gasteiger partial charge >= 0.3 is 5.97 Å². The molecule has 5 nitrogen and oxygen atoms in total. The molecule has 5 heteroatoms. The van der Waals surface area contributed by atoms with Crippen molar-refractivity contribution in [3.63, 3.8) is 0 Å². The Balaban J connectivity index is 1.91. The van der Waals surface area contributed by atoms with Gasteiger partial charge in [0.2, 0.25) is 0 Å². The molecule has 0 unspecified atom stereocenters. The zero-order valence-corrected chi connectivity index (χ0v) is 16.5. The second kappa shape index (κ2) is 7.28. The van der Waals surface area contributed by atoms with Crippen molar-refractivity contribution in [2.45, 2.75) is 64.8 Å². The second-order valence-corrected chi connectivity index (χ2v) is 8.65. The van der Waals surface area contributed by atoms with Crippen molar-refractivity contribution in [1.29, 1.82) is 0 Å². The molecule has 0 bridgehead atoms. The van der Waals surface area contributed by atoms with Crippen molar-refractivity contribution in [3.8, 4) is 5.75 Å². The van der Waals surface area contributed by atoms with Crippen LogP contribution in [-0.4, -0.2) is 39.1 Å². The molecule has 2 aliphatic rings. The summed E-state index contributed by atoms with van der Waals surface area (Å²) in [6.45, 7) is 7.83. The number of aliphatic hydroxyl groups excluding tert-OH is 1. The number of phenols is 1. The molecule has 0 spiro atoms. The number of hydrogen-bond acceptors (Lipinski definition) is 5. The van der Waals surface area contributed by atoms with Crippen molar-refractivity contribution in [2.24, 2.45) is 17.8 Å². The van der Waals surface area contributed by atoms with Crippen LogP contribution in [0.25, 0.3) is 0 Å². The molecule has 3 rings (SSSR count). The summed E-state index contributed by atoms with van der Waals surface area (Å²) in [4.78, 5) is 12.6. The van der Waals surface area contributed by atoms with Gasteiger partial charge in [-0.15, -0.1) is 0 Å². The number of aromatic hydroxyl groups is 1. The molecule has 5 atom stereocenters. The highest BCUT2D eigenvalue weighted by atomic mass is 16.5. The summed E-state index contributed by atoms with van der Waals surface area (Å²) in [7, 11) is 0. The van der Waals surface area contributed by atoms with Crippen LogP contribution >= 0.6 is 0 Å². The molecule has 0 radical (unpaired) electrons. The topological polar surface area (TPSA) is 87.0 Å². The fraction of sp³-hybridized carbons (Fsp3) is 0.591. The third-order valence-electron chi connectivity index (χ3n) is 6.30. The van der Waals surface area contributed by atoms with Crippen molar-refractivity contribution in [1.82, 2.24) is 0 Å². The minimum atomic E-state index is -0.945. The van der Waals surface area contributed by atoms with Crippen molar-refractivity contribution >= 4 is 5.97 Å². The number of esters is 1. The highest BCUT2D eigenvalue weighted by Crippen LogP contribution is 2.49. The largest absolute Gasteiger partial charge is 0.508 e. The molecule has 3 N–H and O–H groups in total. The molecule has 1 aromatic carbocycles. The van der Waals surface area contributed by atoms with Crippen LogP contribution in [0.1, 0.15) is 57.3 Å². The van der Waals surface area contributed by atoms with E-state index >= 15 is 0 Å². The van der Waals surface area contributed by atoms with Gasteiger partial charge in [-0.2, -0.15) is 0 Å². The van der Waals surface area contributed by atoms with E-state index in [1.54, 1.807) is 6.92 Å².